The second-order valence-electron chi connectivity index (χ2n) is 6.27. The number of likely N-dealkylation sites (N-methyl/N-ethyl adjacent to an activating group) is 1. The predicted octanol–water partition coefficient (Wildman–Crippen LogP) is 0.659. The van der Waals surface area contributed by atoms with Gasteiger partial charge in [0, 0.05) is 25.3 Å². The molecular weight excluding hydrogens is 432 g/mol. The number of nitrogens with zero attached hydrogens (tertiary/aromatic N) is 1. The molecule has 0 heterocycles. The second-order valence-corrected chi connectivity index (χ2v) is 9.60. The Labute approximate surface area is 175 Å². The van der Waals surface area contributed by atoms with Gasteiger partial charge in [-0.25, -0.2) is 31.5 Å². The van der Waals surface area contributed by atoms with Gasteiger partial charge in [-0.05, 0) is 48.9 Å². The summed E-state index contributed by atoms with van der Waals surface area (Å²) in [5.74, 6) is 0. The van der Waals surface area contributed by atoms with Gasteiger partial charge in [-0.2, -0.15) is 0 Å². The van der Waals surface area contributed by atoms with Crippen LogP contribution in [-0.2, 0) is 26.6 Å². The quantitative estimate of drug-likeness (QED) is 0.434. The van der Waals surface area contributed by atoms with Crippen molar-refractivity contribution in [1.29, 1.82) is 0 Å². The number of aliphatic hydroxyl groups excluding tert-OH is 1. The van der Waals surface area contributed by atoms with Crippen molar-refractivity contribution in [1.82, 2.24) is 9.62 Å². The number of primary sulfonamides is 1. The van der Waals surface area contributed by atoms with E-state index < -0.39 is 26.1 Å². The summed E-state index contributed by atoms with van der Waals surface area (Å²) in [7, 11) is -7.63. The number of nitrogens with one attached hydrogen (secondary N) is 2. The molecule has 2 amide bonds. The highest BCUT2D eigenvalue weighted by molar-refractivity contribution is 7.89. The summed E-state index contributed by atoms with van der Waals surface area (Å²) in [6.07, 6.45) is 0. The monoisotopic (exact) mass is 456 g/mol. The number of benzene rings is 2. The van der Waals surface area contributed by atoms with E-state index in [0.29, 0.717) is 17.8 Å². The van der Waals surface area contributed by atoms with Gasteiger partial charge in [-0.15, -0.1) is 0 Å². The molecule has 0 aromatic heterocycles. The first kappa shape index (κ1) is 23.8. The maximum atomic E-state index is 12.5. The first-order valence-electron chi connectivity index (χ1n) is 8.95. The maximum Gasteiger partial charge on any atom is 0.321 e. The molecule has 0 fully saturated rings. The minimum atomic E-state index is -3.82. The molecule has 2 aromatic carbocycles. The van der Waals surface area contributed by atoms with Crippen LogP contribution in [0, 0.1) is 0 Å². The lowest BCUT2D eigenvalue weighted by molar-refractivity contribution is 0.192. The van der Waals surface area contributed by atoms with Crippen LogP contribution in [0.2, 0.25) is 0 Å². The van der Waals surface area contributed by atoms with Gasteiger partial charge < -0.3 is 15.3 Å². The first-order chi connectivity index (χ1) is 14.1. The highest BCUT2D eigenvalue weighted by atomic mass is 32.2. The average molecular weight is 457 g/mol. The van der Waals surface area contributed by atoms with Crippen LogP contribution in [0.4, 0.5) is 10.5 Å². The molecule has 2 aromatic rings. The number of urea groups is 1. The van der Waals surface area contributed by atoms with E-state index in [1.807, 2.05) is 0 Å². The molecule has 0 aliphatic heterocycles. The number of hydrogen-bond donors (Lipinski definition) is 4. The van der Waals surface area contributed by atoms with Crippen molar-refractivity contribution in [3.63, 3.8) is 0 Å². The lowest BCUT2D eigenvalue weighted by Gasteiger charge is -2.20. The number of amides is 2. The molecule has 2 rings (SSSR count). The summed E-state index contributed by atoms with van der Waals surface area (Å²) < 4.78 is 49.8. The summed E-state index contributed by atoms with van der Waals surface area (Å²) in [5, 5.41) is 16.6. The number of anilines is 1. The Morgan fingerprint density at radius 1 is 1.00 bits per heavy atom. The van der Waals surface area contributed by atoms with Crippen molar-refractivity contribution >= 4 is 31.8 Å². The zero-order valence-corrected chi connectivity index (χ0v) is 17.9. The van der Waals surface area contributed by atoms with Crippen molar-refractivity contribution in [3.05, 3.63) is 54.1 Å². The number of nitrogens with two attached hydrogens (primary N) is 1. The molecule has 0 aliphatic carbocycles. The number of rotatable bonds is 9. The van der Waals surface area contributed by atoms with Crippen LogP contribution >= 0.6 is 0 Å². The van der Waals surface area contributed by atoms with Crippen molar-refractivity contribution < 1.29 is 26.7 Å². The van der Waals surface area contributed by atoms with Gasteiger partial charge in [0.15, 0.2) is 0 Å². The fourth-order valence-electron chi connectivity index (χ4n) is 2.50. The second kappa shape index (κ2) is 10.00. The van der Waals surface area contributed by atoms with Gasteiger partial charge in [-0.1, -0.05) is 12.1 Å². The number of carbonyl (C=O) groups is 1. The Hall–Kier alpha value is -2.51. The van der Waals surface area contributed by atoms with Crippen LogP contribution in [0.3, 0.4) is 0 Å². The Balaban J connectivity index is 2.02. The number of hydrogen-bond acceptors (Lipinski definition) is 6. The van der Waals surface area contributed by atoms with Crippen molar-refractivity contribution in [2.24, 2.45) is 5.14 Å². The van der Waals surface area contributed by atoms with E-state index in [0.717, 1.165) is 0 Å². The van der Waals surface area contributed by atoms with Gasteiger partial charge in [0.2, 0.25) is 20.0 Å². The Kier molecular flexibility index (Phi) is 7.92. The number of carbonyl (C=O) groups excluding carboxylic acids is 1. The van der Waals surface area contributed by atoms with Crippen LogP contribution in [0.25, 0.3) is 0 Å². The third kappa shape index (κ3) is 6.50. The Morgan fingerprint density at radius 3 is 2.07 bits per heavy atom. The SMILES string of the molecule is CCN(CCO)C(=O)Nc1ccc(S(=O)(=O)NCc2ccc(S(N)(=O)=O)cc2)cc1. The molecule has 0 radical (unpaired) electrons. The summed E-state index contributed by atoms with van der Waals surface area (Å²) in [5.41, 5.74) is 0.965. The molecule has 10 nitrogen and oxygen atoms in total. The zero-order chi connectivity index (χ0) is 22.4. The summed E-state index contributed by atoms with van der Waals surface area (Å²) >= 11 is 0. The Morgan fingerprint density at radius 2 is 1.57 bits per heavy atom. The molecule has 12 heteroatoms. The summed E-state index contributed by atoms with van der Waals surface area (Å²) in [4.78, 5) is 13.4. The molecule has 5 N–H and O–H groups in total. The van der Waals surface area contributed by atoms with Gasteiger partial charge >= 0.3 is 6.03 Å². The zero-order valence-electron chi connectivity index (χ0n) is 16.3. The van der Waals surface area contributed by atoms with Crippen LogP contribution in [0.5, 0.6) is 0 Å². The smallest absolute Gasteiger partial charge is 0.321 e. The number of sulfonamides is 2. The summed E-state index contributed by atoms with van der Waals surface area (Å²) in [6, 6.07) is 10.7. The molecule has 0 saturated carbocycles. The normalized spacial score (nSPS) is 11.8. The Bertz CT molecular complexity index is 1070. The van der Waals surface area contributed by atoms with E-state index in [4.69, 9.17) is 10.2 Å². The van der Waals surface area contributed by atoms with Crippen LogP contribution < -0.4 is 15.2 Å². The third-order valence-electron chi connectivity index (χ3n) is 4.17. The standard InChI is InChI=1S/C18H24N4O6S2/c1-2-22(11-12-23)18(24)21-15-5-9-17(10-6-15)30(27,28)20-13-14-3-7-16(8-4-14)29(19,25)26/h3-10,20,23H,2,11-13H2,1H3,(H,21,24)(H2,19,25,26). The molecule has 0 atom stereocenters. The van der Waals surface area contributed by atoms with Gasteiger partial charge in [-0.3, -0.25) is 0 Å². The third-order valence-corrected chi connectivity index (χ3v) is 6.52. The highest BCUT2D eigenvalue weighted by Gasteiger charge is 2.15. The molecular formula is C18H24N4O6S2. The highest BCUT2D eigenvalue weighted by Crippen LogP contribution is 2.15. The van der Waals surface area contributed by atoms with E-state index in [1.165, 1.54) is 53.4 Å². The fraction of sp³-hybridized carbons (Fsp3) is 0.278. The predicted molar refractivity (Wildman–Crippen MR) is 112 cm³/mol. The van der Waals surface area contributed by atoms with Gasteiger partial charge in [0.25, 0.3) is 0 Å². The van der Waals surface area contributed by atoms with Crippen LogP contribution in [0.1, 0.15) is 12.5 Å². The molecule has 164 valence electrons. The van der Waals surface area contributed by atoms with E-state index in [1.54, 1.807) is 6.92 Å². The molecule has 30 heavy (non-hydrogen) atoms. The van der Waals surface area contributed by atoms with Crippen molar-refractivity contribution in [3.8, 4) is 0 Å². The lowest BCUT2D eigenvalue weighted by atomic mass is 10.2. The topological polar surface area (TPSA) is 159 Å². The number of aliphatic hydroxyl groups is 1. The maximum absolute atomic E-state index is 12.5. The largest absolute Gasteiger partial charge is 0.395 e. The average Bonchev–Trinajstić information content (AvgIpc) is 2.70. The minimum Gasteiger partial charge on any atom is -0.395 e. The first-order valence-corrected chi connectivity index (χ1v) is 12.0. The van der Waals surface area contributed by atoms with E-state index in [-0.39, 0.29) is 29.5 Å². The minimum absolute atomic E-state index is 0.00404. The molecule has 0 saturated heterocycles. The van der Waals surface area contributed by atoms with Gasteiger partial charge in [0.1, 0.15) is 0 Å². The van der Waals surface area contributed by atoms with Crippen molar-refractivity contribution in [2.75, 3.05) is 25.0 Å². The van der Waals surface area contributed by atoms with Gasteiger partial charge in [0.05, 0.1) is 16.4 Å². The van der Waals surface area contributed by atoms with E-state index >= 15 is 0 Å². The summed E-state index contributed by atoms with van der Waals surface area (Å²) in [6.45, 7) is 2.18. The van der Waals surface area contributed by atoms with Crippen molar-refractivity contribution in [2.45, 2.75) is 23.3 Å². The fourth-order valence-corrected chi connectivity index (χ4v) is 4.04. The molecule has 0 aliphatic rings. The molecule has 0 unspecified atom stereocenters. The van der Waals surface area contributed by atoms with Crippen LogP contribution in [0.15, 0.2) is 58.3 Å². The molecule has 0 spiro atoms. The lowest BCUT2D eigenvalue weighted by Crippen LogP contribution is -2.36. The van der Waals surface area contributed by atoms with E-state index in [9.17, 15) is 21.6 Å². The molecule has 0 bridgehead atoms. The van der Waals surface area contributed by atoms with E-state index in [2.05, 4.69) is 10.0 Å². The van der Waals surface area contributed by atoms with Crippen LogP contribution in [-0.4, -0.2) is 52.6 Å².